The minimum atomic E-state index is -3.99. The second-order valence-electron chi connectivity index (χ2n) is 5.97. The molecule has 0 bridgehead atoms. The standard InChI is InChI=1S/C17H23F3/c1-2-13-3-7-15(8-4-13)16-9-5-14(6-10-16)11-12-17(18,19)20/h3-4,7-8,14,16H,2,5-6,9-12H2,1H3. The monoisotopic (exact) mass is 284 g/mol. The largest absolute Gasteiger partial charge is 0.389 e. The lowest BCUT2D eigenvalue weighted by Gasteiger charge is -2.29. The smallest absolute Gasteiger partial charge is 0.171 e. The molecule has 0 aliphatic heterocycles. The minimum absolute atomic E-state index is 0.266. The normalized spacial score (nSPS) is 23.8. The molecule has 0 spiro atoms. The molecule has 1 fully saturated rings. The van der Waals surface area contributed by atoms with Crippen molar-refractivity contribution in [3.63, 3.8) is 0 Å². The van der Waals surface area contributed by atoms with Gasteiger partial charge in [0.05, 0.1) is 0 Å². The van der Waals surface area contributed by atoms with Gasteiger partial charge in [-0.3, -0.25) is 0 Å². The Balaban J connectivity index is 1.81. The quantitative estimate of drug-likeness (QED) is 0.649. The Morgan fingerprint density at radius 3 is 2.10 bits per heavy atom. The molecular weight excluding hydrogens is 261 g/mol. The molecule has 1 aliphatic rings. The third-order valence-electron chi connectivity index (χ3n) is 4.54. The SMILES string of the molecule is CCc1ccc(C2CCC(CCC(F)(F)F)CC2)cc1. The van der Waals surface area contributed by atoms with Crippen molar-refractivity contribution in [1.82, 2.24) is 0 Å². The van der Waals surface area contributed by atoms with E-state index < -0.39 is 12.6 Å². The van der Waals surface area contributed by atoms with Crippen LogP contribution in [0, 0.1) is 5.92 Å². The molecular formula is C17H23F3. The zero-order chi connectivity index (χ0) is 14.6. The zero-order valence-electron chi connectivity index (χ0n) is 12.0. The third kappa shape index (κ3) is 4.53. The van der Waals surface area contributed by atoms with E-state index in [2.05, 4.69) is 31.2 Å². The van der Waals surface area contributed by atoms with Gasteiger partial charge in [0.15, 0.2) is 0 Å². The summed E-state index contributed by atoms with van der Waals surface area (Å²) in [6, 6.07) is 8.73. The van der Waals surface area contributed by atoms with Gasteiger partial charge in [-0.05, 0) is 61.5 Å². The van der Waals surface area contributed by atoms with Crippen LogP contribution in [0.4, 0.5) is 13.2 Å². The lowest BCUT2D eigenvalue weighted by atomic mass is 9.77. The Bertz CT molecular complexity index is 397. The van der Waals surface area contributed by atoms with Crippen molar-refractivity contribution >= 4 is 0 Å². The first-order valence-electron chi connectivity index (χ1n) is 7.63. The van der Waals surface area contributed by atoms with Crippen LogP contribution in [-0.2, 0) is 6.42 Å². The van der Waals surface area contributed by atoms with Gasteiger partial charge in [-0.1, -0.05) is 31.2 Å². The first-order chi connectivity index (χ1) is 9.48. The van der Waals surface area contributed by atoms with Gasteiger partial charge < -0.3 is 0 Å². The number of hydrogen-bond donors (Lipinski definition) is 0. The summed E-state index contributed by atoms with van der Waals surface area (Å²) in [5.74, 6) is 0.811. The number of aryl methyl sites for hydroxylation is 1. The van der Waals surface area contributed by atoms with Crippen molar-refractivity contribution in [2.24, 2.45) is 5.92 Å². The molecule has 0 N–H and O–H groups in total. The molecule has 0 atom stereocenters. The Labute approximate surface area is 119 Å². The Hall–Kier alpha value is -0.990. The van der Waals surface area contributed by atoms with E-state index >= 15 is 0 Å². The molecule has 0 amide bonds. The lowest BCUT2D eigenvalue weighted by molar-refractivity contribution is -0.138. The molecule has 0 aromatic heterocycles. The molecule has 112 valence electrons. The van der Waals surface area contributed by atoms with Crippen LogP contribution in [-0.4, -0.2) is 6.18 Å². The number of benzene rings is 1. The fourth-order valence-electron chi connectivity index (χ4n) is 3.18. The molecule has 0 radical (unpaired) electrons. The van der Waals surface area contributed by atoms with E-state index in [1.165, 1.54) is 11.1 Å². The maximum absolute atomic E-state index is 12.2. The fourth-order valence-corrected chi connectivity index (χ4v) is 3.18. The van der Waals surface area contributed by atoms with Gasteiger partial charge in [-0.2, -0.15) is 13.2 Å². The van der Waals surface area contributed by atoms with Gasteiger partial charge in [0.25, 0.3) is 0 Å². The van der Waals surface area contributed by atoms with Gasteiger partial charge >= 0.3 is 6.18 Å². The molecule has 0 unspecified atom stereocenters. The Kier molecular flexibility index (Phi) is 5.11. The molecule has 2 rings (SSSR count). The fraction of sp³-hybridized carbons (Fsp3) is 0.647. The van der Waals surface area contributed by atoms with E-state index in [0.717, 1.165) is 32.1 Å². The second-order valence-corrected chi connectivity index (χ2v) is 5.97. The maximum Gasteiger partial charge on any atom is 0.389 e. The van der Waals surface area contributed by atoms with Crippen LogP contribution in [0.5, 0.6) is 0 Å². The van der Waals surface area contributed by atoms with Gasteiger partial charge in [0.1, 0.15) is 0 Å². The molecule has 0 nitrogen and oxygen atoms in total. The topological polar surface area (TPSA) is 0 Å². The van der Waals surface area contributed by atoms with Crippen molar-refractivity contribution in [1.29, 1.82) is 0 Å². The van der Waals surface area contributed by atoms with Crippen LogP contribution in [0.2, 0.25) is 0 Å². The number of alkyl halides is 3. The van der Waals surface area contributed by atoms with Crippen LogP contribution in [0.3, 0.4) is 0 Å². The molecule has 20 heavy (non-hydrogen) atoms. The van der Waals surface area contributed by atoms with Crippen molar-refractivity contribution in [2.75, 3.05) is 0 Å². The van der Waals surface area contributed by atoms with Crippen LogP contribution in [0.15, 0.2) is 24.3 Å². The van der Waals surface area contributed by atoms with Gasteiger partial charge in [0.2, 0.25) is 0 Å². The number of rotatable bonds is 4. The van der Waals surface area contributed by atoms with Crippen LogP contribution in [0.1, 0.15) is 62.5 Å². The average Bonchev–Trinajstić information content (AvgIpc) is 2.45. The van der Waals surface area contributed by atoms with Crippen molar-refractivity contribution in [3.8, 4) is 0 Å². The maximum atomic E-state index is 12.2. The molecule has 1 saturated carbocycles. The third-order valence-corrected chi connectivity index (χ3v) is 4.54. The summed E-state index contributed by atoms with van der Waals surface area (Å²) in [7, 11) is 0. The van der Waals surface area contributed by atoms with E-state index in [4.69, 9.17) is 0 Å². The van der Waals surface area contributed by atoms with Gasteiger partial charge in [-0.15, -0.1) is 0 Å². The highest BCUT2D eigenvalue weighted by atomic mass is 19.4. The molecule has 0 saturated heterocycles. The molecule has 1 aromatic rings. The van der Waals surface area contributed by atoms with E-state index in [9.17, 15) is 13.2 Å². The van der Waals surface area contributed by atoms with Crippen LogP contribution < -0.4 is 0 Å². The Morgan fingerprint density at radius 2 is 1.60 bits per heavy atom. The summed E-state index contributed by atoms with van der Waals surface area (Å²) in [6.45, 7) is 2.14. The highest BCUT2D eigenvalue weighted by molar-refractivity contribution is 5.25. The summed E-state index contributed by atoms with van der Waals surface area (Å²) >= 11 is 0. The summed E-state index contributed by atoms with van der Waals surface area (Å²) in [5.41, 5.74) is 2.70. The van der Waals surface area contributed by atoms with Crippen molar-refractivity contribution < 1.29 is 13.2 Å². The summed E-state index contributed by atoms with van der Waals surface area (Å²) in [5, 5.41) is 0. The summed E-state index contributed by atoms with van der Waals surface area (Å²) < 4.78 is 36.7. The summed E-state index contributed by atoms with van der Waals surface area (Å²) in [4.78, 5) is 0. The Morgan fingerprint density at radius 1 is 1.00 bits per heavy atom. The van der Waals surface area contributed by atoms with Crippen LogP contribution in [0.25, 0.3) is 0 Å². The van der Waals surface area contributed by atoms with Crippen molar-refractivity contribution in [2.45, 2.75) is 64.0 Å². The molecule has 3 heteroatoms. The lowest BCUT2D eigenvalue weighted by Crippen LogP contribution is -2.16. The first-order valence-corrected chi connectivity index (χ1v) is 7.63. The molecule has 1 aliphatic carbocycles. The van der Waals surface area contributed by atoms with Gasteiger partial charge in [0, 0.05) is 6.42 Å². The minimum Gasteiger partial charge on any atom is -0.171 e. The van der Waals surface area contributed by atoms with E-state index in [-0.39, 0.29) is 5.92 Å². The highest BCUT2D eigenvalue weighted by Crippen LogP contribution is 2.38. The zero-order valence-corrected chi connectivity index (χ0v) is 12.0. The van der Waals surface area contributed by atoms with E-state index in [0.29, 0.717) is 12.3 Å². The predicted octanol–water partition coefficient (Wildman–Crippen LogP) is 5.87. The highest BCUT2D eigenvalue weighted by Gasteiger charge is 2.30. The van der Waals surface area contributed by atoms with E-state index in [1.807, 2.05) is 0 Å². The first kappa shape index (κ1) is 15.4. The molecule has 0 heterocycles. The van der Waals surface area contributed by atoms with E-state index in [1.54, 1.807) is 0 Å². The van der Waals surface area contributed by atoms with Crippen molar-refractivity contribution in [3.05, 3.63) is 35.4 Å². The summed E-state index contributed by atoms with van der Waals surface area (Å²) in [6.07, 6.45) is 0.699. The second kappa shape index (κ2) is 6.64. The number of hydrogen-bond acceptors (Lipinski definition) is 0. The van der Waals surface area contributed by atoms with Crippen LogP contribution >= 0.6 is 0 Å². The predicted molar refractivity (Wildman–Crippen MR) is 75.8 cm³/mol. The van der Waals surface area contributed by atoms with Gasteiger partial charge in [-0.25, -0.2) is 0 Å². The molecule has 1 aromatic carbocycles. The average molecular weight is 284 g/mol. The number of halogens is 3.